The molecule has 0 radical (unpaired) electrons. The van der Waals surface area contributed by atoms with Crippen LogP contribution in [0.5, 0.6) is 5.75 Å². The molecule has 0 aliphatic heterocycles. The number of aromatic nitrogens is 1. The average molecular weight is 372 g/mol. The van der Waals surface area contributed by atoms with E-state index >= 15 is 0 Å². The predicted molar refractivity (Wildman–Crippen MR) is 109 cm³/mol. The van der Waals surface area contributed by atoms with Crippen LogP contribution in [-0.4, -0.2) is 17.5 Å². The van der Waals surface area contributed by atoms with Gasteiger partial charge in [-0.1, -0.05) is 30.3 Å². The molecule has 0 unspecified atom stereocenters. The maximum Gasteiger partial charge on any atom is 0.255 e. The Bertz CT molecular complexity index is 1070. The summed E-state index contributed by atoms with van der Waals surface area (Å²) in [5.74, 6) is 1.18. The number of nitrogens with zero attached hydrogens (tertiary/aromatic N) is 1. The van der Waals surface area contributed by atoms with Gasteiger partial charge in [0.25, 0.3) is 5.91 Å². The number of oxazole rings is 1. The zero-order valence-corrected chi connectivity index (χ0v) is 15.5. The fourth-order valence-electron chi connectivity index (χ4n) is 2.97. The van der Waals surface area contributed by atoms with Crippen LogP contribution in [0.2, 0.25) is 0 Å². The minimum atomic E-state index is -0.173. The van der Waals surface area contributed by atoms with Crippen LogP contribution in [-0.2, 0) is 6.42 Å². The first-order chi connectivity index (χ1) is 13.7. The normalized spacial score (nSPS) is 10.8. The van der Waals surface area contributed by atoms with E-state index in [9.17, 15) is 4.79 Å². The van der Waals surface area contributed by atoms with Gasteiger partial charge in [-0.05, 0) is 55.0 Å². The number of fused-ring (bicyclic) bond motifs is 1. The molecule has 1 heterocycles. The monoisotopic (exact) mass is 372 g/mol. The van der Waals surface area contributed by atoms with Crippen LogP contribution < -0.4 is 10.1 Å². The molecule has 0 spiro atoms. The standard InChI is InChI=1S/C23H20N2O3/c1-2-27-19-7-5-6-17(15-19)23(26)24-18-12-10-16(11-13-18)14-22-25-20-8-3-4-9-21(20)28-22/h3-13,15H,2,14H2,1H3,(H,24,26). The molecule has 0 atom stereocenters. The van der Waals surface area contributed by atoms with Gasteiger partial charge in [-0.2, -0.15) is 0 Å². The molecule has 5 nitrogen and oxygen atoms in total. The van der Waals surface area contributed by atoms with E-state index in [0.717, 1.165) is 22.4 Å². The fourth-order valence-corrected chi connectivity index (χ4v) is 2.97. The Morgan fingerprint density at radius 1 is 1.04 bits per heavy atom. The molecule has 3 aromatic carbocycles. The van der Waals surface area contributed by atoms with Gasteiger partial charge in [0.1, 0.15) is 11.3 Å². The SMILES string of the molecule is CCOc1cccc(C(=O)Nc2ccc(Cc3nc4ccccc4o3)cc2)c1. The molecule has 28 heavy (non-hydrogen) atoms. The van der Waals surface area contributed by atoms with Gasteiger partial charge >= 0.3 is 0 Å². The van der Waals surface area contributed by atoms with Crippen LogP contribution in [0.3, 0.4) is 0 Å². The molecule has 1 aromatic heterocycles. The van der Waals surface area contributed by atoms with Crippen molar-refractivity contribution in [3.63, 3.8) is 0 Å². The Labute approximate surface area is 163 Å². The average Bonchev–Trinajstić information content (AvgIpc) is 3.12. The summed E-state index contributed by atoms with van der Waals surface area (Å²) in [5.41, 5.74) is 3.99. The summed E-state index contributed by atoms with van der Waals surface area (Å²) in [4.78, 5) is 16.9. The topological polar surface area (TPSA) is 64.4 Å². The van der Waals surface area contributed by atoms with Crippen LogP contribution in [0.15, 0.2) is 77.2 Å². The van der Waals surface area contributed by atoms with Crippen molar-refractivity contribution in [2.45, 2.75) is 13.3 Å². The van der Waals surface area contributed by atoms with Crippen LogP contribution in [0.1, 0.15) is 28.7 Å². The highest BCUT2D eigenvalue weighted by Crippen LogP contribution is 2.19. The predicted octanol–water partition coefficient (Wildman–Crippen LogP) is 5.07. The Morgan fingerprint density at radius 2 is 1.86 bits per heavy atom. The number of benzene rings is 3. The van der Waals surface area contributed by atoms with Crippen molar-refractivity contribution < 1.29 is 13.9 Å². The van der Waals surface area contributed by atoms with E-state index in [1.807, 2.05) is 67.6 Å². The van der Waals surface area contributed by atoms with E-state index in [1.54, 1.807) is 12.1 Å². The van der Waals surface area contributed by atoms with Crippen LogP contribution >= 0.6 is 0 Å². The van der Waals surface area contributed by atoms with E-state index in [0.29, 0.717) is 30.2 Å². The lowest BCUT2D eigenvalue weighted by molar-refractivity contribution is 0.102. The van der Waals surface area contributed by atoms with E-state index in [4.69, 9.17) is 9.15 Å². The lowest BCUT2D eigenvalue weighted by atomic mass is 10.1. The molecule has 0 aliphatic rings. The minimum absolute atomic E-state index is 0.173. The molecule has 1 N–H and O–H groups in total. The zero-order valence-electron chi connectivity index (χ0n) is 15.5. The second kappa shape index (κ2) is 7.96. The van der Waals surface area contributed by atoms with Crippen molar-refractivity contribution in [1.29, 1.82) is 0 Å². The van der Waals surface area contributed by atoms with Gasteiger partial charge in [-0.15, -0.1) is 0 Å². The second-order valence-electron chi connectivity index (χ2n) is 6.36. The summed E-state index contributed by atoms with van der Waals surface area (Å²) >= 11 is 0. The third-order valence-electron chi connectivity index (χ3n) is 4.31. The second-order valence-corrected chi connectivity index (χ2v) is 6.36. The maximum absolute atomic E-state index is 12.5. The van der Waals surface area contributed by atoms with E-state index in [1.165, 1.54) is 0 Å². The highest BCUT2D eigenvalue weighted by Gasteiger charge is 2.09. The number of hydrogen-bond acceptors (Lipinski definition) is 4. The number of hydrogen-bond donors (Lipinski definition) is 1. The van der Waals surface area contributed by atoms with Gasteiger partial charge in [0.2, 0.25) is 0 Å². The van der Waals surface area contributed by atoms with Gasteiger partial charge in [0.15, 0.2) is 11.5 Å². The van der Waals surface area contributed by atoms with Crippen molar-refractivity contribution in [3.05, 3.63) is 89.8 Å². The van der Waals surface area contributed by atoms with Gasteiger partial charge in [-0.25, -0.2) is 4.98 Å². The third kappa shape index (κ3) is 4.04. The van der Waals surface area contributed by atoms with Crippen molar-refractivity contribution in [3.8, 4) is 5.75 Å². The number of carbonyl (C=O) groups excluding carboxylic acids is 1. The van der Waals surface area contributed by atoms with Crippen LogP contribution in [0, 0.1) is 0 Å². The number of nitrogens with one attached hydrogen (secondary N) is 1. The van der Waals surface area contributed by atoms with Crippen molar-refractivity contribution >= 4 is 22.7 Å². The summed E-state index contributed by atoms with van der Waals surface area (Å²) in [6.45, 7) is 2.47. The smallest absolute Gasteiger partial charge is 0.255 e. The quantitative estimate of drug-likeness (QED) is 0.513. The molecule has 0 aliphatic carbocycles. The third-order valence-corrected chi connectivity index (χ3v) is 4.31. The molecule has 140 valence electrons. The number of rotatable bonds is 6. The molecule has 4 aromatic rings. The minimum Gasteiger partial charge on any atom is -0.494 e. The lowest BCUT2D eigenvalue weighted by Gasteiger charge is -2.08. The molecule has 0 saturated carbocycles. The summed E-state index contributed by atoms with van der Waals surface area (Å²) in [6, 6.07) is 22.5. The van der Waals surface area contributed by atoms with Gasteiger partial charge in [-0.3, -0.25) is 4.79 Å². The lowest BCUT2D eigenvalue weighted by Crippen LogP contribution is -2.12. The first-order valence-electron chi connectivity index (χ1n) is 9.19. The molecule has 0 fully saturated rings. The Balaban J connectivity index is 1.42. The number of para-hydroxylation sites is 2. The first-order valence-corrected chi connectivity index (χ1v) is 9.19. The van der Waals surface area contributed by atoms with Gasteiger partial charge < -0.3 is 14.5 Å². The Hall–Kier alpha value is -3.60. The summed E-state index contributed by atoms with van der Waals surface area (Å²) < 4.78 is 11.2. The molecular weight excluding hydrogens is 352 g/mol. The summed E-state index contributed by atoms with van der Waals surface area (Å²) in [5, 5.41) is 2.91. The fraction of sp³-hybridized carbons (Fsp3) is 0.130. The molecular formula is C23H20N2O3. The van der Waals surface area contributed by atoms with Gasteiger partial charge in [0.05, 0.1) is 6.61 Å². The van der Waals surface area contributed by atoms with Crippen molar-refractivity contribution in [2.75, 3.05) is 11.9 Å². The summed E-state index contributed by atoms with van der Waals surface area (Å²) in [7, 11) is 0. The summed E-state index contributed by atoms with van der Waals surface area (Å²) in [6.07, 6.45) is 0.597. The van der Waals surface area contributed by atoms with E-state index in [-0.39, 0.29) is 5.91 Å². The maximum atomic E-state index is 12.5. The number of amides is 1. The van der Waals surface area contributed by atoms with Crippen LogP contribution in [0.4, 0.5) is 5.69 Å². The number of carbonyl (C=O) groups is 1. The highest BCUT2D eigenvalue weighted by molar-refractivity contribution is 6.04. The molecule has 0 bridgehead atoms. The van der Waals surface area contributed by atoms with Crippen molar-refractivity contribution in [1.82, 2.24) is 4.98 Å². The number of anilines is 1. The largest absolute Gasteiger partial charge is 0.494 e. The molecule has 5 heteroatoms. The van der Waals surface area contributed by atoms with Crippen molar-refractivity contribution in [2.24, 2.45) is 0 Å². The molecule has 1 amide bonds. The van der Waals surface area contributed by atoms with Crippen LogP contribution in [0.25, 0.3) is 11.1 Å². The molecule has 4 rings (SSSR count). The highest BCUT2D eigenvalue weighted by atomic mass is 16.5. The Morgan fingerprint density at radius 3 is 2.64 bits per heavy atom. The van der Waals surface area contributed by atoms with E-state index < -0.39 is 0 Å². The zero-order chi connectivity index (χ0) is 19.3. The number of ether oxygens (including phenoxy) is 1. The van der Waals surface area contributed by atoms with Gasteiger partial charge in [0, 0.05) is 17.7 Å². The van der Waals surface area contributed by atoms with E-state index in [2.05, 4.69) is 10.3 Å². The first kappa shape index (κ1) is 17.8. The molecule has 0 saturated heterocycles. The Kier molecular flexibility index (Phi) is 5.06.